The van der Waals surface area contributed by atoms with E-state index in [1.54, 1.807) is 6.07 Å². The van der Waals surface area contributed by atoms with Crippen molar-refractivity contribution in [3.05, 3.63) is 70.8 Å². The minimum atomic E-state index is -0.537. The molecule has 4 nitrogen and oxygen atoms in total. The number of rotatable bonds is 1. The van der Waals surface area contributed by atoms with Gasteiger partial charge in [0.05, 0.1) is 12.6 Å². The lowest BCUT2D eigenvalue weighted by Crippen LogP contribution is -2.38. The molecule has 1 heterocycles. The molecule has 0 radical (unpaired) electrons. The molecule has 1 N–H and O–H groups in total. The number of carbonyl (C=O) groups is 2. The van der Waals surface area contributed by atoms with Crippen molar-refractivity contribution in [2.45, 2.75) is 31.9 Å². The first-order valence-electron chi connectivity index (χ1n) is 8.26. The van der Waals surface area contributed by atoms with Gasteiger partial charge in [-0.05, 0) is 42.0 Å². The van der Waals surface area contributed by atoms with E-state index in [0.717, 1.165) is 30.3 Å². The second-order valence-electron chi connectivity index (χ2n) is 6.05. The van der Waals surface area contributed by atoms with Crippen LogP contribution in [0.1, 0.15) is 33.5 Å². The number of ether oxygens (including phenoxy) is 1. The second kappa shape index (κ2) is 7.88. The third-order valence-electron chi connectivity index (χ3n) is 4.20. The molecular weight excluding hydrogens is 302 g/mol. The van der Waals surface area contributed by atoms with Crippen LogP contribution in [0, 0.1) is 0 Å². The van der Waals surface area contributed by atoms with Crippen LogP contribution < -0.4 is 5.32 Å². The first-order chi connectivity index (χ1) is 11.8. The zero-order valence-electron chi connectivity index (χ0n) is 13.5. The fourth-order valence-corrected chi connectivity index (χ4v) is 2.97. The number of carbonyl (C=O) groups excluding carboxylic acids is 2. The number of fused-ring (bicyclic) bond motifs is 3. The molecule has 4 heteroatoms. The number of hydrogen-bond acceptors (Lipinski definition) is 3. The highest BCUT2D eigenvalue weighted by molar-refractivity contribution is 5.97. The maximum Gasteiger partial charge on any atom is 0.252 e. The Morgan fingerprint density at radius 2 is 1.92 bits per heavy atom. The fourth-order valence-electron chi connectivity index (χ4n) is 2.97. The van der Waals surface area contributed by atoms with Crippen LogP contribution in [0.4, 0.5) is 0 Å². The molecule has 1 atom stereocenters. The molecule has 0 aromatic heterocycles. The van der Waals surface area contributed by atoms with Crippen molar-refractivity contribution in [3.8, 4) is 0 Å². The van der Waals surface area contributed by atoms with Crippen LogP contribution in [-0.2, 0) is 29.0 Å². The summed E-state index contributed by atoms with van der Waals surface area (Å²) in [4.78, 5) is 24.0. The molecule has 0 saturated heterocycles. The van der Waals surface area contributed by atoms with Crippen LogP contribution in [0.25, 0.3) is 0 Å². The van der Waals surface area contributed by atoms with Crippen molar-refractivity contribution in [1.82, 2.24) is 5.32 Å². The summed E-state index contributed by atoms with van der Waals surface area (Å²) in [5.74, 6) is -0.237. The first kappa shape index (κ1) is 16.4. The Balaban J connectivity index is 1.88. The number of aryl methyl sites for hydroxylation is 1. The Bertz CT molecular complexity index is 726. The van der Waals surface area contributed by atoms with E-state index in [4.69, 9.17) is 4.74 Å². The van der Waals surface area contributed by atoms with Crippen LogP contribution in [0.5, 0.6) is 0 Å². The number of amides is 1. The topological polar surface area (TPSA) is 55.4 Å². The van der Waals surface area contributed by atoms with Crippen molar-refractivity contribution in [2.75, 3.05) is 6.61 Å². The van der Waals surface area contributed by atoms with Gasteiger partial charge in [-0.3, -0.25) is 4.79 Å². The van der Waals surface area contributed by atoms with E-state index in [2.05, 4.69) is 17.4 Å². The van der Waals surface area contributed by atoms with E-state index in [1.807, 2.05) is 30.3 Å². The van der Waals surface area contributed by atoms with Crippen LogP contribution in [0.2, 0.25) is 0 Å². The summed E-state index contributed by atoms with van der Waals surface area (Å²) in [6, 6.07) is 15.0. The molecule has 2 aromatic rings. The summed E-state index contributed by atoms with van der Waals surface area (Å²) in [7, 11) is 0. The summed E-state index contributed by atoms with van der Waals surface area (Å²) in [5.41, 5.74) is 3.69. The molecule has 0 saturated carbocycles. The van der Waals surface area contributed by atoms with Gasteiger partial charge in [0, 0.05) is 12.2 Å². The Kier molecular flexibility index (Phi) is 5.39. The molecule has 1 aliphatic heterocycles. The number of benzene rings is 2. The highest BCUT2D eigenvalue weighted by Gasteiger charge is 2.17. The average molecular weight is 323 g/mol. The Morgan fingerprint density at radius 1 is 1.08 bits per heavy atom. The third-order valence-corrected chi connectivity index (χ3v) is 4.20. The minimum Gasteiger partial charge on any atom is -0.377 e. The fraction of sp³-hybridized carbons (Fsp3) is 0.300. The van der Waals surface area contributed by atoms with Crippen molar-refractivity contribution >= 4 is 12.2 Å². The largest absolute Gasteiger partial charge is 0.377 e. The molecule has 3 rings (SSSR count). The first-order valence-corrected chi connectivity index (χ1v) is 8.26. The van der Waals surface area contributed by atoms with E-state index in [-0.39, 0.29) is 5.91 Å². The van der Waals surface area contributed by atoms with Gasteiger partial charge in [-0.25, -0.2) is 0 Å². The van der Waals surface area contributed by atoms with Gasteiger partial charge in [0.25, 0.3) is 5.91 Å². The highest BCUT2D eigenvalue weighted by Crippen LogP contribution is 2.14. The molecular formula is C20H21NO3. The Labute approximate surface area is 141 Å². The SMILES string of the molecule is O=C[C@@H]1Cc2cccc(c2)CCCOCc2ccccc2C(=O)N1. The van der Waals surface area contributed by atoms with Gasteiger partial charge in [-0.15, -0.1) is 0 Å². The zero-order valence-corrected chi connectivity index (χ0v) is 13.5. The smallest absolute Gasteiger partial charge is 0.252 e. The molecule has 0 aliphatic carbocycles. The van der Waals surface area contributed by atoms with Crippen LogP contribution in [0.3, 0.4) is 0 Å². The summed E-state index contributed by atoms with van der Waals surface area (Å²) >= 11 is 0. The third kappa shape index (κ3) is 4.09. The van der Waals surface area contributed by atoms with E-state index < -0.39 is 6.04 Å². The lowest BCUT2D eigenvalue weighted by molar-refractivity contribution is -0.109. The molecule has 1 aliphatic rings. The normalized spacial score (nSPS) is 18.8. The zero-order chi connectivity index (χ0) is 16.8. The van der Waals surface area contributed by atoms with Gasteiger partial charge in [-0.1, -0.05) is 42.5 Å². The summed E-state index contributed by atoms with van der Waals surface area (Å²) in [6.45, 7) is 1.05. The van der Waals surface area contributed by atoms with E-state index in [9.17, 15) is 9.59 Å². The molecule has 0 fully saturated rings. The molecule has 0 unspecified atom stereocenters. The summed E-state index contributed by atoms with van der Waals surface area (Å²) < 4.78 is 5.73. The van der Waals surface area contributed by atoms with Gasteiger partial charge in [-0.2, -0.15) is 0 Å². The standard InChI is InChI=1S/C20H21NO3/c22-13-18-12-16-6-3-5-15(11-16)7-4-10-24-14-17-8-1-2-9-19(17)20(23)21-18/h1-3,5-6,8-9,11,13,18H,4,7,10,12,14H2,(H,21,23)/t18-/m0/s1. The highest BCUT2D eigenvalue weighted by atomic mass is 16.5. The lowest BCUT2D eigenvalue weighted by atomic mass is 10.0. The molecule has 24 heavy (non-hydrogen) atoms. The van der Waals surface area contributed by atoms with Crippen LogP contribution >= 0.6 is 0 Å². The minimum absolute atomic E-state index is 0.237. The predicted molar refractivity (Wildman–Crippen MR) is 91.9 cm³/mol. The number of aldehydes is 1. The van der Waals surface area contributed by atoms with Crippen molar-refractivity contribution in [1.29, 1.82) is 0 Å². The van der Waals surface area contributed by atoms with Crippen LogP contribution in [-0.4, -0.2) is 24.8 Å². The van der Waals surface area contributed by atoms with Gasteiger partial charge in [0.15, 0.2) is 0 Å². The predicted octanol–water partition coefficient (Wildman–Crippen LogP) is 2.69. The molecule has 2 bridgehead atoms. The second-order valence-corrected chi connectivity index (χ2v) is 6.05. The molecule has 1 amide bonds. The Hall–Kier alpha value is -2.46. The van der Waals surface area contributed by atoms with E-state index in [0.29, 0.717) is 25.2 Å². The maximum atomic E-state index is 12.5. The van der Waals surface area contributed by atoms with E-state index >= 15 is 0 Å². The van der Waals surface area contributed by atoms with E-state index in [1.165, 1.54) is 5.56 Å². The molecule has 2 aromatic carbocycles. The van der Waals surface area contributed by atoms with Gasteiger partial charge < -0.3 is 14.8 Å². The monoisotopic (exact) mass is 323 g/mol. The number of hydrogen-bond donors (Lipinski definition) is 1. The van der Waals surface area contributed by atoms with Gasteiger partial charge >= 0.3 is 0 Å². The average Bonchev–Trinajstić information content (AvgIpc) is 2.61. The summed E-state index contributed by atoms with van der Waals surface area (Å²) in [5, 5.41) is 2.82. The Morgan fingerprint density at radius 3 is 2.79 bits per heavy atom. The number of nitrogens with one attached hydrogen (secondary N) is 1. The van der Waals surface area contributed by atoms with Gasteiger partial charge in [0.2, 0.25) is 0 Å². The molecule has 124 valence electrons. The quantitative estimate of drug-likeness (QED) is 0.821. The maximum absolute atomic E-state index is 12.5. The van der Waals surface area contributed by atoms with Crippen molar-refractivity contribution in [3.63, 3.8) is 0 Å². The van der Waals surface area contributed by atoms with Gasteiger partial charge in [0.1, 0.15) is 6.29 Å². The van der Waals surface area contributed by atoms with Crippen LogP contribution in [0.15, 0.2) is 48.5 Å². The summed E-state index contributed by atoms with van der Waals surface area (Å²) in [6.07, 6.45) is 3.17. The lowest BCUT2D eigenvalue weighted by Gasteiger charge is -2.16. The van der Waals surface area contributed by atoms with Crippen molar-refractivity contribution < 1.29 is 14.3 Å². The molecule has 0 spiro atoms. The van der Waals surface area contributed by atoms with Crippen molar-refractivity contribution in [2.24, 2.45) is 0 Å².